The first-order chi connectivity index (χ1) is 8.56. The number of nitrogens with one attached hydrogen (secondary N) is 1. The lowest BCUT2D eigenvalue weighted by molar-refractivity contribution is -0.139. The third-order valence-corrected chi connectivity index (χ3v) is 3.19. The average Bonchev–Trinajstić information content (AvgIpc) is 2.85. The largest absolute Gasteiger partial charge is 0.479 e. The van der Waals surface area contributed by atoms with Crippen molar-refractivity contribution in [1.82, 2.24) is 10.2 Å². The first kappa shape index (κ1) is 14.0. The lowest BCUT2D eigenvalue weighted by atomic mass is 10.2. The minimum Gasteiger partial charge on any atom is -0.479 e. The van der Waals surface area contributed by atoms with E-state index in [9.17, 15) is 9.59 Å². The highest BCUT2D eigenvalue weighted by molar-refractivity contribution is 7.10. The molecule has 0 bridgehead atoms. The normalized spacial score (nSPS) is 11.3. The van der Waals surface area contributed by atoms with Gasteiger partial charge in [-0.25, -0.2) is 9.59 Å². The number of rotatable bonds is 5. The van der Waals surface area contributed by atoms with Crippen LogP contribution in [0.5, 0.6) is 0 Å². The van der Waals surface area contributed by atoms with Crippen molar-refractivity contribution in [3.8, 4) is 6.07 Å². The molecule has 96 valence electrons. The zero-order valence-corrected chi connectivity index (χ0v) is 10.6. The molecule has 0 aliphatic carbocycles. The number of hydrogen-bond donors (Lipinski definition) is 2. The summed E-state index contributed by atoms with van der Waals surface area (Å²) in [6, 6.07) is 3.73. The number of carboxylic acids is 1. The molecule has 1 aromatic rings. The fraction of sp³-hybridized carbons (Fsp3) is 0.364. The highest BCUT2D eigenvalue weighted by Crippen LogP contribution is 2.19. The number of nitrogens with zero attached hydrogens (tertiary/aromatic N) is 2. The Morgan fingerprint density at radius 3 is 2.89 bits per heavy atom. The summed E-state index contributed by atoms with van der Waals surface area (Å²) in [5.74, 6) is -1.11. The van der Waals surface area contributed by atoms with Crippen LogP contribution in [0.25, 0.3) is 0 Å². The van der Waals surface area contributed by atoms with Crippen LogP contribution in [0.2, 0.25) is 0 Å². The Morgan fingerprint density at radius 2 is 2.39 bits per heavy atom. The lowest BCUT2D eigenvalue weighted by Crippen LogP contribution is -2.42. The molecule has 0 saturated heterocycles. The van der Waals surface area contributed by atoms with Crippen molar-refractivity contribution >= 4 is 23.3 Å². The van der Waals surface area contributed by atoms with E-state index in [0.717, 1.165) is 0 Å². The molecule has 7 heteroatoms. The van der Waals surface area contributed by atoms with Gasteiger partial charge in [0.15, 0.2) is 6.04 Å². The van der Waals surface area contributed by atoms with E-state index in [1.807, 2.05) is 6.07 Å². The maximum Gasteiger partial charge on any atom is 0.331 e. The summed E-state index contributed by atoms with van der Waals surface area (Å²) < 4.78 is 0. The van der Waals surface area contributed by atoms with Crippen LogP contribution in [0.1, 0.15) is 17.3 Å². The molecule has 2 N–H and O–H groups in total. The summed E-state index contributed by atoms with van der Waals surface area (Å²) >= 11 is 1.26. The van der Waals surface area contributed by atoms with Gasteiger partial charge in [-0.1, -0.05) is 6.07 Å². The fourth-order valence-electron chi connectivity index (χ4n) is 1.26. The molecule has 0 radical (unpaired) electrons. The topological polar surface area (TPSA) is 93.4 Å². The molecule has 0 aliphatic rings. The van der Waals surface area contributed by atoms with E-state index in [-0.39, 0.29) is 13.0 Å². The third-order valence-electron chi connectivity index (χ3n) is 2.25. The van der Waals surface area contributed by atoms with Crippen LogP contribution in [-0.2, 0) is 4.79 Å². The highest BCUT2D eigenvalue weighted by atomic mass is 32.1. The molecule has 1 unspecified atom stereocenters. The van der Waals surface area contributed by atoms with E-state index in [2.05, 4.69) is 5.32 Å². The molecular weight excluding hydrogens is 254 g/mol. The molecule has 1 heterocycles. The van der Waals surface area contributed by atoms with E-state index in [0.29, 0.717) is 4.88 Å². The van der Waals surface area contributed by atoms with Gasteiger partial charge in [0.2, 0.25) is 0 Å². The van der Waals surface area contributed by atoms with Gasteiger partial charge in [0.25, 0.3) is 0 Å². The van der Waals surface area contributed by atoms with Crippen LogP contribution < -0.4 is 5.32 Å². The van der Waals surface area contributed by atoms with Gasteiger partial charge in [-0.2, -0.15) is 5.26 Å². The molecule has 1 aromatic heterocycles. The maximum atomic E-state index is 11.7. The van der Waals surface area contributed by atoms with Gasteiger partial charge in [0.1, 0.15) is 0 Å². The van der Waals surface area contributed by atoms with Gasteiger partial charge in [-0.3, -0.25) is 0 Å². The van der Waals surface area contributed by atoms with E-state index in [1.165, 1.54) is 23.3 Å². The number of nitriles is 1. The SMILES string of the molecule is CN(CCC#N)C(=O)NC(C(=O)O)c1cccs1. The number of urea groups is 1. The zero-order chi connectivity index (χ0) is 13.5. The van der Waals surface area contributed by atoms with Crippen LogP contribution in [-0.4, -0.2) is 35.6 Å². The first-order valence-corrected chi connectivity index (χ1v) is 6.09. The number of carboxylic acid groups (broad SMARTS) is 1. The smallest absolute Gasteiger partial charge is 0.331 e. The van der Waals surface area contributed by atoms with Gasteiger partial charge in [0.05, 0.1) is 12.5 Å². The Bertz CT molecular complexity index is 453. The van der Waals surface area contributed by atoms with E-state index >= 15 is 0 Å². The first-order valence-electron chi connectivity index (χ1n) is 5.21. The number of carbonyl (C=O) groups is 2. The molecule has 0 spiro atoms. The van der Waals surface area contributed by atoms with Crippen LogP contribution in [0.4, 0.5) is 4.79 Å². The zero-order valence-electron chi connectivity index (χ0n) is 9.79. The van der Waals surface area contributed by atoms with E-state index < -0.39 is 18.0 Å². The number of carbonyl (C=O) groups excluding carboxylic acids is 1. The Kier molecular flexibility index (Phi) is 5.14. The van der Waals surface area contributed by atoms with Crippen molar-refractivity contribution in [2.45, 2.75) is 12.5 Å². The summed E-state index contributed by atoms with van der Waals surface area (Å²) in [6.07, 6.45) is 0.209. The van der Waals surface area contributed by atoms with E-state index in [4.69, 9.17) is 10.4 Å². The summed E-state index contributed by atoms with van der Waals surface area (Å²) in [5.41, 5.74) is 0. The van der Waals surface area contributed by atoms with Crippen LogP contribution >= 0.6 is 11.3 Å². The summed E-state index contributed by atoms with van der Waals surface area (Å²) in [7, 11) is 1.51. The van der Waals surface area contributed by atoms with Crippen molar-refractivity contribution in [1.29, 1.82) is 5.26 Å². The predicted octanol–water partition coefficient (Wildman–Crippen LogP) is 1.43. The lowest BCUT2D eigenvalue weighted by Gasteiger charge is -2.19. The molecule has 2 amide bonds. The third kappa shape index (κ3) is 3.75. The van der Waals surface area contributed by atoms with Gasteiger partial charge in [0, 0.05) is 18.5 Å². The van der Waals surface area contributed by atoms with E-state index in [1.54, 1.807) is 17.5 Å². The summed E-state index contributed by atoms with van der Waals surface area (Å²) in [5, 5.41) is 21.7. The van der Waals surface area contributed by atoms with Gasteiger partial charge in [-0.05, 0) is 11.4 Å². The van der Waals surface area contributed by atoms with Crippen molar-refractivity contribution in [2.75, 3.05) is 13.6 Å². The highest BCUT2D eigenvalue weighted by Gasteiger charge is 2.24. The summed E-state index contributed by atoms with van der Waals surface area (Å²) in [4.78, 5) is 24.6. The second-order valence-electron chi connectivity index (χ2n) is 3.57. The van der Waals surface area contributed by atoms with Gasteiger partial charge < -0.3 is 15.3 Å². The Morgan fingerprint density at radius 1 is 1.67 bits per heavy atom. The van der Waals surface area contributed by atoms with Gasteiger partial charge >= 0.3 is 12.0 Å². The Labute approximate surface area is 108 Å². The molecule has 0 aromatic carbocycles. The molecule has 0 fully saturated rings. The van der Waals surface area contributed by atoms with Crippen LogP contribution in [0.15, 0.2) is 17.5 Å². The second-order valence-corrected chi connectivity index (χ2v) is 4.55. The molecule has 18 heavy (non-hydrogen) atoms. The summed E-state index contributed by atoms with van der Waals surface area (Å²) in [6.45, 7) is 0.263. The number of thiophene rings is 1. The fourth-order valence-corrected chi connectivity index (χ4v) is 2.03. The number of hydrogen-bond acceptors (Lipinski definition) is 4. The molecule has 6 nitrogen and oxygen atoms in total. The van der Waals surface area contributed by atoms with Crippen molar-refractivity contribution in [3.05, 3.63) is 22.4 Å². The molecule has 0 saturated carbocycles. The van der Waals surface area contributed by atoms with Crippen LogP contribution in [0, 0.1) is 11.3 Å². The Hall–Kier alpha value is -2.07. The van der Waals surface area contributed by atoms with Crippen molar-refractivity contribution in [3.63, 3.8) is 0 Å². The number of aliphatic carboxylic acids is 1. The second kappa shape index (κ2) is 6.61. The predicted molar refractivity (Wildman–Crippen MR) is 66.1 cm³/mol. The monoisotopic (exact) mass is 267 g/mol. The Balaban J connectivity index is 2.65. The number of amides is 2. The van der Waals surface area contributed by atoms with Crippen LogP contribution in [0.3, 0.4) is 0 Å². The van der Waals surface area contributed by atoms with Gasteiger partial charge in [-0.15, -0.1) is 11.3 Å². The minimum absolute atomic E-state index is 0.209. The molecule has 0 aliphatic heterocycles. The molecule has 1 atom stereocenters. The molecule has 1 rings (SSSR count). The van der Waals surface area contributed by atoms with Crippen molar-refractivity contribution < 1.29 is 14.7 Å². The average molecular weight is 267 g/mol. The standard InChI is InChI=1S/C11H13N3O3S/c1-14(6-3-5-12)11(17)13-9(10(15)16)8-4-2-7-18-8/h2,4,7,9H,3,6H2,1H3,(H,13,17)(H,15,16). The quantitative estimate of drug-likeness (QED) is 0.843. The van der Waals surface area contributed by atoms with Crippen molar-refractivity contribution in [2.24, 2.45) is 0 Å². The maximum absolute atomic E-state index is 11.7. The molecular formula is C11H13N3O3S. The minimum atomic E-state index is -1.11.